The quantitative estimate of drug-likeness (QED) is 0.742. The lowest BCUT2D eigenvalue weighted by Crippen LogP contribution is -2.50. The number of amides is 1. The van der Waals surface area contributed by atoms with Crippen LogP contribution in [-0.2, 0) is 14.8 Å². The van der Waals surface area contributed by atoms with Gasteiger partial charge >= 0.3 is 0 Å². The van der Waals surface area contributed by atoms with Gasteiger partial charge < -0.3 is 5.32 Å². The van der Waals surface area contributed by atoms with Crippen molar-refractivity contribution in [1.82, 2.24) is 9.62 Å². The zero-order chi connectivity index (χ0) is 19.4. The van der Waals surface area contributed by atoms with Crippen LogP contribution < -0.4 is 10.0 Å². The summed E-state index contributed by atoms with van der Waals surface area (Å²) >= 11 is 7.06. The minimum absolute atomic E-state index is 0.0880. The maximum absolute atomic E-state index is 12.5. The van der Waals surface area contributed by atoms with Crippen LogP contribution in [0.25, 0.3) is 0 Å². The third-order valence-electron chi connectivity index (χ3n) is 4.65. The molecule has 0 spiro atoms. The number of hydrogen-bond donors (Lipinski definition) is 2. The Bertz CT molecular complexity index is 862. The third kappa shape index (κ3) is 5.30. The van der Waals surface area contributed by atoms with Crippen LogP contribution in [0.2, 0.25) is 5.02 Å². The lowest BCUT2D eigenvalue weighted by atomic mass is 10.0. The van der Waals surface area contributed by atoms with Crippen LogP contribution in [0.3, 0.4) is 0 Å². The Labute approximate surface area is 168 Å². The van der Waals surface area contributed by atoms with Gasteiger partial charge in [-0.05, 0) is 55.5 Å². The third-order valence-corrected chi connectivity index (χ3v) is 7.82. The molecule has 1 aromatic carbocycles. The summed E-state index contributed by atoms with van der Waals surface area (Å²) in [5, 5.41) is 5.25. The van der Waals surface area contributed by atoms with Crippen molar-refractivity contribution in [3.05, 3.63) is 46.8 Å². The molecule has 1 atom stereocenters. The highest BCUT2D eigenvalue weighted by Crippen LogP contribution is 2.20. The second kappa shape index (κ2) is 8.70. The van der Waals surface area contributed by atoms with Crippen molar-refractivity contribution in [2.45, 2.75) is 36.1 Å². The van der Waals surface area contributed by atoms with E-state index in [4.69, 9.17) is 11.6 Å². The average Bonchev–Trinajstić information content (AvgIpc) is 3.19. The fourth-order valence-electron chi connectivity index (χ4n) is 3.04. The summed E-state index contributed by atoms with van der Waals surface area (Å²) in [5.41, 5.74) is 0.704. The molecule has 2 aromatic rings. The number of nitrogens with one attached hydrogen (secondary N) is 2. The minimum Gasteiger partial charge on any atom is -0.325 e. The first-order valence-corrected chi connectivity index (χ1v) is 11.5. The summed E-state index contributed by atoms with van der Waals surface area (Å²) in [6, 6.07) is 9.90. The molecule has 1 aliphatic heterocycles. The predicted molar refractivity (Wildman–Crippen MR) is 109 cm³/mol. The minimum atomic E-state index is -3.45. The van der Waals surface area contributed by atoms with Crippen molar-refractivity contribution in [1.29, 1.82) is 0 Å². The molecule has 0 aliphatic carbocycles. The lowest BCUT2D eigenvalue weighted by Gasteiger charge is -2.35. The molecule has 0 bridgehead atoms. The van der Waals surface area contributed by atoms with E-state index >= 15 is 0 Å². The van der Waals surface area contributed by atoms with Gasteiger partial charge in [-0.3, -0.25) is 9.69 Å². The second-order valence-electron chi connectivity index (χ2n) is 6.54. The Morgan fingerprint density at radius 1 is 1.22 bits per heavy atom. The SMILES string of the molecule is CC(C(=O)Nc1ccc(Cl)cc1)N1CCC(NS(=O)(=O)c2cccs2)CC1. The van der Waals surface area contributed by atoms with E-state index in [1.807, 2.05) is 6.92 Å². The summed E-state index contributed by atoms with van der Waals surface area (Å²) in [4.78, 5) is 14.5. The van der Waals surface area contributed by atoms with E-state index < -0.39 is 10.0 Å². The maximum atomic E-state index is 12.5. The van der Waals surface area contributed by atoms with Crippen LogP contribution in [0.15, 0.2) is 46.0 Å². The van der Waals surface area contributed by atoms with Crippen LogP contribution in [0.1, 0.15) is 19.8 Å². The van der Waals surface area contributed by atoms with Crippen molar-refractivity contribution in [3.8, 4) is 0 Å². The first kappa shape index (κ1) is 20.3. The first-order chi connectivity index (χ1) is 12.8. The Hall–Kier alpha value is -1.45. The summed E-state index contributed by atoms with van der Waals surface area (Å²) in [5.74, 6) is -0.0880. The molecule has 9 heteroatoms. The number of halogens is 1. The van der Waals surface area contributed by atoms with Gasteiger partial charge in [0.2, 0.25) is 15.9 Å². The van der Waals surface area contributed by atoms with E-state index in [9.17, 15) is 13.2 Å². The molecule has 27 heavy (non-hydrogen) atoms. The van der Waals surface area contributed by atoms with Gasteiger partial charge in [0, 0.05) is 29.8 Å². The largest absolute Gasteiger partial charge is 0.325 e. The Balaban J connectivity index is 1.51. The summed E-state index contributed by atoms with van der Waals surface area (Å²) in [7, 11) is -3.45. The van der Waals surface area contributed by atoms with Gasteiger partial charge in [0.1, 0.15) is 4.21 Å². The van der Waals surface area contributed by atoms with E-state index in [2.05, 4.69) is 14.9 Å². The van der Waals surface area contributed by atoms with E-state index in [0.717, 1.165) is 0 Å². The summed E-state index contributed by atoms with van der Waals surface area (Å²) < 4.78 is 27.8. The van der Waals surface area contributed by atoms with Crippen LogP contribution in [0.4, 0.5) is 5.69 Å². The highest BCUT2D eigenvalue weighted by molar-refractivity contribution is 7.91. The molecule has 2 N–H and O–H groups in total. The molecule has 1 unspecified atom stereocenters. The monoisotopic (exact) mass is 427 g/mol. The fourth-order valence-corrected chi connectivity index (χ4v) is 5.48. The number of thiophene rings is 1. The summed E-state index contributed by atoms with van der Waals surface area (Å²) in [6.45, 7) is 3.18. The first-order valence-electron chi connectivity index (χ1n) is 8.71. The molecule has 0 radical (unpaired) electrons. The predicted octanol–water partition coefficient (Wildman–Crippen LogP) is 3.17. The molecular weight excluding hydrogens is 406 g/mol. The van der Waals surface area contributed by atoms with Crippen LogP contribution in [-0.4, -0.2) is 44.4 Å². The van der Waals surface area contributed by atoms with Gasteiger partial charge in [-0.1, -0.05) is 17.7 Å². The van der Waals surface area contributed by atoms with E-state index in [0.29, 0.717) is 40.9 Å². The van der Waals surface area contributed by atoms with Crippen molar-refractivity contribution < 1.29 is 13.2 Å². The fraction of sp³-hybridized carbons (Fsp3) is 0.389. The van der Waals surface area contributed by atoms with Crippen molar-refractivity contribution in [3.63, 3.8) is 0 Å². The molecule has 1 aromatic heterocycles. The number of sulfonamides is 1. The van der Waals surface area contributed by atoms with Crippen molar-refractivity contribution in [2.24, 2.45) is 0 Å². The number of benzene rings is 1. The smallest absolute Gasteiger partial charge is 0.250 e. The molecule has 1 aliphatic rings. The highest BCUT2D eigenvalue weighted by Gasteiger charge is 2.29. The average molecular weight is 428 g/mol. The number of rotatable bonds is 6. The maximum Gasteiger partial charge on any atom is 0.250 e. The zero-order valence-corrected chi connectivity index (χ0v) is 17.3. The Kier molecular flexibility index (Phi) is 6.54. The van der Waals surface area contributed by atoms with Crippen LogP contribution in [0, 0.1) is 0 Å². The van der Waals surface area contributed by atoms with E-state index in [-0.39, 0.29) is 18.0 Å². The van der Waals surface area contributed by atoms with Gasteiger partial charge in [0.05, 0.1) is 6.04 Å². The van der Waals surface area contributed by atoms with Crippen LogP contribution in [0.5, 0.6) is 0 Å². The van der Waals surface area contributed by atoms with Gasteiger partial charge in [0.15, 0.2) is 0 Å². The number of carbonyl (C=O) groups is 1. The van der Waals surface area contributed by atoms with Crippen LogP contribution >= 0.6 is 22.9 Å². The van der Waals surface area contributed by atoms with Gasteiger partial charge in [-0.15, -0.1) is 11.3 Å². The molecular formula is C18H22ClN3O3S2. The zero-order valence-electron chi connectivity index (χ0n) is 14.9. The van der Waals surface area contributed by atoms with E-state index in [1.165, 1.54) is 11.3 Å². The summed E-state index contributed by atoms with van der Waals surface area (Å²) in [6.07, 6.45) is 1.34. The second-order valence-corrected chi connectivity index (χ2v) is 9.86. The van der Waals surface area contributed by atoms with Gasteiger partial charge in [0.25, 0.3) is 0 Å². The molecule has 146 valence electrons. The normalized spacial score (nSPS) is 17.6. The molecule has 2 heterocycles. The van der Waals surface area contributed by atoms with Gasteiger partial charge in [-0.25, -0.2) is 13.1 Å². The molecule has 1 saturated heterocycles. The number of nitrogens with zero attached hydrogens (tertiary/aromatic N) is 1. The molecule has 0 saturated carbocycles. The topological polar surface area (TPSA) is 78.5 Å². The molecule has 6 nitrogen and oxygen atoms in total. The lowest BCUT2D eigenvalue weighted by molar-refractivity contribution is -0.121. The van der Waals surface area contributed by atoms with Crippen molar-refractivity contribution >= 4 is 44.6 Å². The number of likely N-dealkylation sites (tertiary alicyclic amines) is 1. The number of anilines is 1. The molecule has 3 rings (SSSR count). The number of piperidine rings is 1. The molecule has 1 fully saturated rings. The van der Waals surface area contributed by atoms with Gasteiger partial charge in [-0.2, -0.15) is 0 Å². The van der Waals surface area contributed by atoms with Crippen molar-refractivity contribution in [2.75, 3.05) is 18.4 Å². The number of carbonyl (C=O) groups excluding carboxylic acids is 1. The Morgan fingerprint density at radius 2 is 1.89 bits per heavy atom. The molecule has 1 amide bonds. The highest BCUT2D eigenvalue weighted by atomic mass is 35.5. The standard InChI is InChI=1S/C18H22ClN3O3S2/c1-13(18(23)20-15-6-4-14(19)5-7-15)22-10-8-16(9-11-22)21-27(24,25)17-3-2-12-26-17/h2-7,12-13,16,21H,8-11H2,1H3,(H,20,23). The number of hydrogen-bond acceptors (Lipinski definition) is 5. The van der Waals surface area contributed by atoms with E-state index in [1.54, 1.807) is 41.8 Å². The Morgan fingerprint density at radius 3 is 2.48 bits per heavy atom.